The second kappa shape index (κ2) is 6.93. The van der Waals surface area contributed by atoms with E-state index in [-0.39, 0.29) is 18.0 Å². The van der Waals surface area contributed by atoms with Gasteiger partial charge in [0.1, 0.15) is 12.7 Å². The molecule has 0 heterocycles. The van der Waals surface area contributed by atoms with Crippen LogP contribution in [0, 0.1) is 0 Å². The van der Waals surface area contributed by atoms with Crippen LogP contribution < -0.4 is 21.9 Å². The largest absolute Gasteiger partial charge is 0.488 e. The first-order valence-electron chi connectivity index (χ1n) is 6.83. The smallest absolute Gasteiger partial charge is 0.195 e. The van der Waals surface area contributed by atoms with Gasteiger partial charge in [-0.05, 0) is 17.7 Å². The number of hydrogen-bond acceptors (Lipinski definition) is 6. The fraction of sp³-hybridized carbons (Fsp3) is 0.188. The number of nitrogen functional groups attached to an aromatic ring is 2. The van der Waals surface area contributed by atoms with E-state index in [0.29, 0.717) is 23.4 Å². The van der Waals surface area contributed by atoms with E-state index in [9.17, 15) is 9.90 Å². The normalized spacial score (nSPS) is 11.9. The molecule has 0 saturated heterocycles. The van der Waals surface area contributed by atoms with Crippen LogP contribution in [0.15, 0.2) is 42.5 Å². The van der Waals surface area contributed by atoms with Gasteiger partial charge in [0.2, 0.25) is 0 Å². The van der Waals surface area contributed by atoms with Crippen molar-refractivity contribution in [3.05, 3.63) is 53.6 Å². The number of rotatable bonds is 6. The Morgan fingerprint density at radius 2 is 1.73 bits per heavy atom. The molecule has 7 N–H and O–H groups in total. The molecule has 0 aromatic heterocycles. The molecule has 2 aromatic rings. The zero-order valence-electron chi connectivity index (χ0n) is 12.0. The number of Topliss-reactive ketones (excluding diaryl/α,β-unsaturated/α-hetero) is 1. The average molecular weight is 301 g/mol. The van der Waals surface area contributed by atoms with Crippen LogP contribution in [0.5, 0.6) is 5.75 Å². The van der Waals surface area contributed by atoms with Gasteiger partial charge in [-0.15, -0.1) is 0 Å². The van der Waals surface area contributed by atoms with Crippen molar-refractivity contribution in [1.82, 2.24) is 0 Å². The lowest BCUT2D eigenvalue weighted by atomic mass is 9.99. The average Bonchev–Trinajstić information content (AvgIpc) is 2.53. The van der Waals surface area contributed by atoms with Crippen LogP contribution in [-0.4, -0.2) is 24.0 Å². The van der Waals surface area contributed by atoms with Crippen LogP contribution in [-0.2, 0) is 0 Å². The highest BCUT2D eigenvalue weighted by Gasteiger charge is 2.21. The third kappa shape index (κ3) is 3.36. The molecule has 0 saturated carbocycles. The molecule has 116 valence electrons. The van der Waals surface area contributed by atoms with E-state index in [1.54, 1.807) is 30.3 Å². The van der Waals surface area contributed by atoms with Gasteiger partial charge in [-0.2, -0.15) is 0 Å². The number of benzene rings is 2. The van der Waals surface area contributed by atoms with E-state index in [1.165, 1.54) is 12.1 Å². The predicted octanol–water partition coefficient (Wildman–Crippen LogP) is 1.10. The molecule has 6 heteroatoms. The quantitative estimate of drug-likeness (QED) is 0.468. The molecule has 6 nitrogen and oxygen atoms in total. The number of anilines is 2. The van der Waals surface area contributed by atoms with Gasteiger partial charge < -0.3 is 27.0 Å². The Hall–Kier alpha value is -2.57. The van der Waals surface area contributed by atoms with Gasteiger partial charge in [0.25, 0.3) is 0 Å². The SMILES string of the molecule is NCCOc1c(N)cc(C(O)C(=O)c2ccccc2)cc1N. The maximum absolute atomic E-state index is 12.2. The first-order chi connectivity index (χ1) is 10.5. The topological polar surface area (TPSA) is 125 Å². The Morgan fingerprint density at radius 1 is 1.14 bits per heavy atom. The summed E-state index contributed by atoms with van der Waals surface area (Å²) in [5.74, 6) is -0.108. The maximum Gasteiger partial charge on any atom is 0.195 e. The molecule has 0 radical (unpaired) electrons. The Morgan fingerprint density at radius 3 is 2.27 bits per heavy atom. The fourth-order valence-electron chi connectivity index (χ4n) is 2.10. The van der Waals surface area contributed by atoms with Crippen molar-refractivity contribution >= 4 is 17.2 Å². The molecule has 22 heavy (non-hydrogen) atoms. The summed E-state index contributed by atoms with van der Waals surface area (Å²) < 4.78 is 5.36. The highest BCUT2D eigenvalue weighted by molar-refractivity contribution is 6.00. The highest BCUT2D eigenvalue weighted by Crippen LogP contribution is 2.33. The third-order valence-corrected chi connectivity index (χ3v) is 3.16. The molecule has 0 aliphatic heterocycles. The highest BCUT2D eigenvalue weighted by atomic mass is 16.5. The van der Waals surface area contributed by atoms with Crippen molar-refractivity contribution in [2.24, 2.45) is 5.73 Å². The Bertz CT molecular complexity index is 636. The van der Waals surface area contributed by atoms with Gasteiger partial charge in [-0.3, -0.25) is 4.79 Å². The van der Waals surface area contributed by atoms with Crippen LogP contribution >= 0.6 is 0 Å². The first kappa shape index (κ1) is 15.8. The van der Waals surface area contributed by atoms with Gasteiger partial charge in [0.15, 0.2) is 11.5 Å². The second-order valence-corrected chi connectivity index (χ2v) is 4.80. The summed E-state index contributed by atoms with van der Waals surface area (Å²) in [6, 6.07) is 11.5. The lowest BCUT2D eigenvalue weighted by Gasteiger charge is -2.15. The van der Waals surface area contributed by atoms with E-state index in [1.807, 2.05) is 0 Å². The van der Waals surface area contributed by atoms with Crippen LogP contribution in [0.2, 0.25) is 0 Å². The van der Waals surface area contributed by atoms with E-state index < -0.39 is 11.9 Å². The van der Waals surface area contributed by atoms with E-state index >= 15 is 0 Å². The zero-order valence-corrected chi connectivity index (χ0v) is 12.0. The van der Waals surface area contributed by atoms with Crippen molar-refractivity contribution in [3.63, 3.8) is 0 Å². The molecule has 0 spiro atoms. The first-order valence-corrected chi connectivity index (χ1v) is 6.83. The summed E-state index contributed by atoms with van der Waals surface area (Å²) in [7, 11) is 0. The lowest BCUT2D eigenvalue weighted by molar-refractivity contribution is 0.0747. The molecule has 0 aliphatic carbocycles. The fourth-order valence-corrected chi connectivity index (χ4v) is 2.10. The number of hydrogen-bond donors (Lipinski definition) is 4. The molecule has 0 amide bonds. The number of ether oxygens (including phenoxy) is 1. The Labute approximate surface area is 128 Å². The lowest BCUT2D eigenvalue weighted by Crippen LogP contribution is -2.15. The predicted molar refractivity (Wildman–Crippen MR) is 85.5 cm³/mol. The molecule has 2 rings (SSSR count). The molecule has 0 aliphatic rings. The standard InChI is InChI=1S/C16H19N3O3/c17-6-7-22-16-12(18)8-11(9-13(16)19)15(21)14(20)10-4-2-1-3-5-10/h1-5,8-9,15,21H,6-7,17-19H2. The van der Waals surface area contributed by atoms with Crippen molar-refractivity contribution in [2.75, 3.05) is 24.6 Å². The molecule has 0 bridgehead atoms. The van der Waals surface area contributed by atoms with Crippen LogP contribution in [0.25, 0.3) is 0 Å². The molecule has 2 aromatic carbocycles. The van der Waals surface area contributed by atoms with E-state index in [2.05, 4.69) is 0 Å². The minimum absolute atomic E-state index is 0.253. The monoisotopic (exact) mass is 301 g/mol. The number of ketones is 1. The number of carbonyl (C=O) groups is 1. The van der Waals surface area contributed by atoms with Crippen LogP contribution in [0.3, 0.4) is 0 Å². The van der Waals surface area contributed by atoms with Crippen LogP contribution in [0.1, 0.15) is 22.0 Å². The Kier molecular flexibility index (Phi) is 4.98. The van der Waals surface area contributed by atoms with Gasteiger partial charge >= 0.3 is 0 Å². The molecule has 1 atom stereocenters. The molecule has 0 fully saturated rings. The third-order valence-electron chi connectivity index (χ3n) is 3.16. The van der Waals surface area contributed by atoms with Crippen LogP contribution in [0.4, 0.5) is 11.4 Å². The van der Waals surface area contributed by atoms with Crippen molar-refractivity contribution in [3.8, 4) is 5.75 Å². The second-order valence-electron chi connectivity index (χ2n) is 4.80. The number of aliphatic hydroxyl groups is 1. The van der Waals surface area contributed by atoms with E-state index in [0.717, 1.165) is 0 Å². The summed E-state index contributed by atoms with van der Waals surface area (Å²) >= 11 is 0. The van der Waals surface area contributed by atoms with E-state index in [4.69, 9.17) is 21.9 Å². The summed E-state index contributed by atoms with van der Waals surface area (Å²) in [5, 5.41) is 10.2. The number of carbonyl (C=O) groups excluding carboxylic acids is 1. The van der Waals surface area contributed by atoms with Crippen molar-refractivity contribution in [2.45, 2.75) is 6.10 Å². The summed E-state index contributed by atoms with van der Waals surface area (Å²) in [5.41, 5.74) is 18.4. The molecular weight excluding hydrogens is 282 g/mol. The van der Waals surface area contributed by atoms with Gasteiger partial charge in [-0.1, -0.05) is 30.3 Å². The van der Waals surface area contributed by atoms with Crippen molar-refractivity contribution < 1.29 is 14.6 Å². The van der Waals surface area contributed by atoms with Crippen molar-refractivity contribution in [1.29, 1.82) is 0 Å². The molecule has 1 unspecified atom stereocenters. The Balaban J connectivity index is 2.27. The minimum atomic E-state index is -1.34. The molecular formula is C16H19N3O3. The van der Waals surface area contributed by atoms with Gasteiger partial charge in [0.05, 0.1) is 11.4 Å². The van der Waals surface area contributed by atoms with Gasteiger partial charge in [0, 0.05) is 12.1 Å². The minimum Gasteiger partial charge on any atom is -0.488 e. The number of nitrogens with two attached hydrogens (primary N) is 3. The summed E-state index contributed by atoms with van der Waals surface area (Å²) in [4.78, 5) is 12.2. The zero-order chi connectivity index (χ0) is 16.1. The summed E-state index contributed by atoms with van der Waals surface area (Å²) in [6.07, 6.45) is -1.34. The maximum atomic E-state index is 12.2. The van der Waals surface area contributed by atoms with Gasteiger partial charge in [-0.25, -0.2) is 0 Å². The summed E-state index contributed by atoms with van der Waals surface area (Å²) in [6.45, 7) is 0.606. The number of aliphatic hydroxyl groups excluding tert-OH is 1.